The highest BCUT2D eigenvalue weighted by molar-refractivity contribution is 5.50. The van der Waals surface area contributed by atoms with E-state index in [-0.39, 0.29) is 6.04 Å². The molecule has 0 saturated carbocycles. The fraction of sp³-hybridized carbons (Fsp3) is 0.296. The smallest absolute Gasteiger partial charge is 0.173 e. The molecule has 1 atom stereocenters. The van der Waals surface area contributed by atoms with Gasteiger partial charge >= 0.3 is 0 Å². The summed E-state index contributed by atoms with van der Waals surface area (Å²) < 4.78 is 13.4. The second-order valence-corrected chi connectivity index (χ2v) is 8.52. The zero-order chi connectivity index (χ0) is 24.0. The van der Waals surface area contributed by atoms with Gasteiger partial charge in [0.15, 0.2) is 17.3 Å². The van der Waals surface area contributed by atoms with Crippen molar-refractivity contribution < 1.29 is 9.47 Å². The van der Waals surface area contributed by atoms with Crippen LogP contribution in [-0.4, -0.2) is 65.5 Å². The summed E-state index contributed by atoms with van der Waals surface area (Å²) in [5.41, 5.74) is 3.38. The Morgan fingerprint density at radius 2 is 1.51 bits per heavy atom. The van der Waals surface area contributed by atoms with Gasteiger partial charge in [0.1, 0.15) is 6.04 Å². The van der Waals surface area contributed by atoms with Crippen LogP contribution in [0.15, 0.2) is 78.9 Å². The van der Waals surface area contributed by atoms with Gasteiger partial charge in [0.05, 0.1) is 20.8 Å². The highest BCUT2D eigenvalue weighted by Crippen LogP contribution is 2.40. The van der Waals surface area contributed by atoms with Crippen LogP contribution >= 0.6 is 0 Å². The van der Waals surface area contributed by atoms with Crippen molar-refractivity contribution in [2.75, 3.05) is 45.3 Å². The first-order valence-corrected chi connectivity index (χ1v) is 11.8. The summed E-state index contributed by atoms with van der Waals surface area (Å²) in [6.07, 6.45) is 0. The molecule has 5 rings (SSSR count). The lowest BCUT2D eigenvalue weighted by Gasteiger charge is -2.40. The third-order valence-corrected chi connectivity index (χ3v) is 6.51. The first-order chi connectivity index (χ1) is 17.3. The van der Waals surface area contributed by atoms with Gasteiger partial charge in [-0.05, 0) is 34.2 Å². The summed E-state index contributed by atoms with van der Waals surface area (Å²) in [4.78, 5) is 4.85. The number of tetrazole rings is 1. The summed E-state index contributed by atoms with van der Waals surface area (Å²) in [5.74, 6) is 2.19. The van der Waals surface area contributed by atoms with E-state index in [1.165, 1.54) is 5.69 Å². The van der Waals surface area contributed by atoms with Crippen molar-refractivity contribution in [1.82, 2.24) is 25.1 Å². The Kier molecular flexibility index (Phi) is 6.90. The molecule has 8 nitrogen and oxygen atoms in total. The summed E-state index contributed by atoms with van der Waals surface area (Å²) in [7, 11) is 3.34. The average Bonchev–Trinajstić information content (AvgIpc) is 3.37. The lowest BCUT2D eigenvalue weighted by Crippen LogP contribution is -2.48. The third kappa shape index (κ3) is 4.83. The van der Waals surface area contributed by atoms with E-state index in [0.717, 1.165) is 43.1 Å². The van der Waals surface area contributed by atoms with Crippen LogP contribution in [0.1, 0.15) is 23.0 Å². The van der Waals surface area contributed by atoms with Gasteiger partial charge in [-0.2, -0.15) is 0 Å². The number of piperazine rings is 1. The molecule has 1 aromatic heterocycles. The standard InChI is InChI=1S/C27H30N6O2/c1-34-24-15-9-14-23(26(24)35-2)25(27-28-29-30-33(27)20-21-10-5-3-6-11-21)32-18-16-31(17-19-32)22-12-7-4-8-13-22/h3-15,25H,16-20H2,1-2H3/t25-/m1/s1. The molecule has 0 aliphatic carbocycles. The zero-order valence-electron chi connectivity index (χ0n) is 20.1. The molecule has 4 aromatic rings. The molecule has 1 fully saturated rings. The average molecular weight is 471 g/mol. The number of hydrogen-bond acceptors (Lipinski definition) is 7. The zero-order valence-corrected chi connectivity index (χ0v) is 20.1. The van der Waals surface area contributed by atoms with Gasteiger partial charge in [0, 0.05) is 37.4 Å². The van der Waals surface area contributed by atoms with E-state index in [2.05, 4.69) is 73.9 Å². The largest absolute Gasteiger partial charge is 0.493 e. The molecule has 3 aromatic carbocycles. The molecule has 1 aliphatic rings. The molecule has 180 valence electrons. The number of nitrogens with zero attached hydrogens (tertiary/aromatic N) is 6. The van der Waals surface area contributed by atoms with Gasteiger partial charge in [-0.3, -0.25) is 4.90 Å². The van der Waals surface area contributed by atoms with Gasteiger partial charge in [-0.25, -0.2) is 4.68 Å². The fourth-order valence-electron chi connectivity index (χ4n) is 4.78. The van der Waals surface area contributed by atoms with Crippen LogP contribution in [0.5, 0.6) is 11.5 Å². The maximum Gasteiger partial charge on any atom is 0.173 e. The lowest BCUT2D eigenvalue weighted by molar-refractivity contribution is 0.197. The molecule has 1 saturated heterocycles. The molecule has 0 unspecified atom stereocenters. The van der Waals surface area contributed by atoms with Crippen LogP contribution in [0.2, 0.25) is 0 Å². The highest BCUT2D eigenvalue weighted by atomic mass is 16.5. The van der Waals surface area contributed by atoms with Gasteiger partial charge < -0.3 is 14.4 Å². The van der Waals surface area contributed by atoms with E-state index < -0.39 is 0 Å². The van der Waals surface area contributed by atoms with Crippen LogP contribution in [0, 0.1) is 0 Å². The van der Waals surface area contributed by atoms with Crippen molar-refractivity contribution in [3.05, 3.63) is 95.8 Å². The molecule has 0 amide bonds. The molecule has 0 N–H and O–H groups in total. The Morgan fingerprint density at radius 1 is 0.800 bits per heavy atom. The van der Waals surface area contributed by atoms with Crippen molar-refractivity contribution in [3.63, 3.8) is 0 Å². The minimum atomic E-state index is -0.184. The Hall–Kier alpha value is -3.91. The van der Waals surface area contributed by atoms with Crippen molar-refractivity contribution in [2.45, 2.75) is 12.6 Å². The Labute approximate surface area is 205 Å². The monoisotopic (exact) mass is 470 g/mol. The van der Waals surface area contributed by atoms with Gasteiger partial charge in [0.2, 0.25) is 0 Å². The van der Waals surface area contributed by atoms with Crippen molar-refractivity contribution >= 4 is 5.69 Å². The predicted molar refractivity (Wildman–Crippen MR) is 135 cm³/mol. The molecule has 0 radical (unpaired) electrons. The number of benzene rings is 3. The Bertz CT molecular complexity index is 1220. The van der Waals surface area contributed by atoms with Gasteiger partial charge in [0.25, 0.3) is 0 Å². The molecule has 8 heteroatoms. The highest BCUT2D eigenvalue weighted by Gasteiger charge is 2.33. The number of ether oxygens (including phenoxy) is 2. The summed E-state index contributed by atoms with van der Waals surface area (Å²) >= 11 is 0. The van der Waals surface area contributed by atoms with Crippen molar-refractivity contribution in [1.29, 1.82) is 0 Å². The molecule has 0 spiro atoms. The topological polar surface area (TPSA) is 68.5 Å². The number of aromatic nitrogens is 4. The van der Waals surface area contributed by atoms with Crippen LogP contribution in [0.4, 0.5) is 5.69 Å². The van der Waals surface area contributed by atoms with Crippen molar-refractivity contribution in [3.8, 4) is 11.5 Å². The van der Waals surface area contributed by atoms with E-state index in [1.54, 1.807) is 14.2 Å². The Morgan fingerprint density at radius 3 is 2.20 bits per heavy atom. The van der Waals surface area contributed by atoms with Gasteiger partial charge in [-0.1, -0.05) is 60.7 Å². The van der Waals surface area contributed by atoms with E-state index in [9.17, 15) is 0 Å². The first kappa shape index (κ1) is 22.9. The molecule has 1 aliphatic heterocycles. The SMILES string of the molecule is COc1cccc([C@H](c2nnnn2Cc2ccccc2)N2CCN(c3ccccc3)CC2)c1OC. The molecule has 0 bridgehead atoms. The minimum absolute atomic E-state index is 0.184. The minimum Gasteiger partial charge on any atom is -0.493 e. The second kappa shape index (κ2) is 10.6. The first-order valence-electron chi connectivity index (χ1n) is 11.8. The number of rotatable bonds is 8. The molecule has 2 heterocycles. The number of anilines is 1. The normalized spacial score (nSPS) is 15.1. The number of hydrogen-bond donors (Lipinski definition) is 0. The van der Waals surface area contributed by atoms with Crippen LogP contribution in [-0.2, 0) is 6.54 Å². The second-order valence-electron chi connectivity index (χ2n) is 8.52. The summed E-state index contributed by atoms with van der Waals surface area (Å²) in [6.45, 7) is 4.13. The summed E-state index contributed by atoms with van der Waals surface area (Å²) in [6, 6.07) is 26.6. The quantitative estimate of drug-likeness (QED) is 0.389. The molecular formula is C27H30N6O2. The van der Waals surface area contributed by atoms with E-state index in [4.69, 9.17) is 9.47 Å². The van der Waals surface area contributed by atoms with Gasteiger partial charge in [-0.15, -0.1) is 5.10 Å². The third-order valence-electron chi connectivity index (χ3n) is 6.51. The lowest BCUT2D eigenvalue weighted by atomic mass is 10.0. The van der Waals surface area contributed by atoms with E-state index >= 15 is 0 Å². The maximum absolute atomic E-state index is 5.85. The van der Waals surface area contributed by atoms with Crippen LogP contribution in [0.25, 0.3) is 0 Å². The van der Waals surface area contributed by atoms with Crippen molar-refractivity contribution in [2.24, 2.45) is 0 Å². The molecule has 35 heavy (non-hydrogen) atoms. The van der Waals surface area contributed by atoms with E-state index in [1.807, 2.05) is 35.0 Å². The van der Waals surface area contributed by atoms with Crippen LogP contribution < -0.4 is 14.4 Å². The Balaban J connectivity index is 1.50. The number of methoxy groups -OCH3 is 2. The fourth-order valence-corrected chi connectivity index (χ4v) is 4.78. The maximum atomic E-state index is 5.85. The number of para-hydroxylation sites is 2. The van der Waals surface area contributed by atoms with Crippen LogP contribution in [0.3, 0.4) is 0 Å². The molecular weight excluding hydrogens is 440 g/mol. The van der Waals surface area contributed by atoms with E-state index in [0.29, 0.717) is 18.0 Å². The summed E-state index contributed by atoms with van der Waals surface area (Å²) in [5, 5.41) is 13.0. The predicted octanol–water partition coefficient (Wildman–Crippen LogP) is 3.65.